The number of benzene rings is 1. The van der Waals surface area contributed by atoms with Gasteiger partial charge in [0.05, 0.1) is 6.07 Å². The Morgan fingerprint density at radius 3 is 2.23 bits per heavy atom. The first kappa shape index (κ1) is 15.1. The van der Waals surface area contributed by atoms with Gasteiger partial charge in [-0.15, -0.1) is 0 Å². The predicted molar refractivity (Wildman–Crippen MR) is 85.3 cm³/mol. The topological polar surface area (TPSA) is 47.3 Å². The normalized spacial score (nSPS) is 22.0. The van der Waals surface area contributed by atoms with Gasteiger partial charge in [0.1, 0.15) is 5.54 Å². The predicted octanol–water partition coefficient (Wildman–Crippen LogP) is 2.67. The highest BCUT2D eigenvalue weighted by molar-refractivity contribution is 5.94. The highest BCUT2D eigenvalue weighted by atomic mass is 16.2. The van der Waals surface area contributed by atoms with Gasteiger partial charge in [-0.25, -0.2) is 0 Å². The molecule has 0 saturated carbocycles. The van der Waals surface area contributed by atoms with Gasteiger partial charge in [-0.2, -0.15) is 5.26 Å². The van der Waals surface area contributed by atoms with Gasteiger partial charge in [0.25, 0.3) is 5.91 Å². The maximum absolute atomic E-state index is 12.5. The lowest BCUT2D eigenvalue weighted by Gasteiger charge is -2.45. The lowest BCUT2D eigenvalue weighted by atomic mass is 9.85. The van der Waals surface area contributed by atoms with E-state index in [9.17, 15) is 10.1 Å². The second-order valence-electron chi connectivity index (χ2n) is 6.35. The Hall–Kier alpha value is -1.86. The minimum atomic E-state index is -0.353. The Labute approximate surface area is 132 Å². The SMILES string of the molecule is N#CC1(N2CCCCC2)CCN(C(=O)c2ccccc2)CC1. The van der Waals surface area contributed by atoms with Gasteiger partial charge in [0.2, 0.25) is 0 Å². The molecule has 0 unspecified atom stereocenters. The molecule has 1 amide bonds. The Kier molecular flexibility index (Phi) is 4.44. The average molecular weight is 297 g/mol. The van der Waals surface area contributed by atoms with Crippen LogP contribution in [0, 0.1) is 11.3 Å². The van der Waals surface area contributed by atoms with Crippen LogP contribution in [0.5, 0.6) is 0 Å². The van der Waals surface area contributed by atoms with Crippen LogP contribution in [0.3, 0.4) is 0 Å². The number of amides is 1. The third-order valence-corrected chi connectivity index (χ3v) is 5.07. The monoisotopic (exact) mass is 297 g/mol. The van der Waals surface area contributed by atoms with Crippen LogP contribution in [0.2, 0.25) is 0 Å². The van der Waals surface area contributed by atoms with Crippen LogP contribution < -0.4 is 0 Å². The summed E-state index contributed by atoms with van der Waals surface area (Å²) in [5.41, 5.74) is 0.387. The second kappa shape index (κ2) is 6.50. The molecule has 4 nitrogen and oxygen atoms in total. The zero-order chi connectivity index (χ0) is 15.4. The average Bonchev–Trinajstić information content (AvgIpc) is 2.63. The van der Waals surface area contributed by atoms with Gasteiger partial charge >= 0.3 is 0 Å². The Bertz CT molecular complexity index is 549. The number of piperidine rings is 2. The lowest BCUT2D eigenvalue weighted by Crippen LogP contribution is -2.56. The summed E-state index contributed by atoms with van der Waals surface area (Å²) in [6.07, 6.45) is 5.19. The molecular formula is C18H23N3O. The van der Waals surface area contributed by atoms with Crippen molar-refractivity contribution < 1.29 is 4.79 Å². The van der Waals surface area contributed by atoms with Crippen LogP contribution in [0.1, 0.15) is 42.5 Å². The van der Waals surface area contributed by atoms with Crippen molar-refractivity contribution in [2.24, 2.45) is 0 Å². The van der Waals surface area contributed by atoms with Crippen molar-refractivity contribution in [3.63, 3.8) is 0 Å². The van der Waals surface area contributed by atoms with E-state index in [0.717, 1.165) is 31.5 Å². The van der Waals surface area contributed by atoms with Crippen LogP contribution in [0.25, 0.3) is 0 Å². The molecule has 0 bridgehead atoms. The van der Waals surface area contributed by atoms with Crippen LogP contribution in [-0.4, -0.2) is 47.4 Å². The molecule has 1 aromatic carbocycles. The highest BCUT2D eigenvalue weighted by Crippen LogP contribution is 2.31. The molecule has 2 aliphatic rings. The number of nitrogens with zero attached hydrogens (tertiary/aromatic N) is 3. The molecule has 1 aromatic rings. The first-order valence-electron chi connectivity index (χ1n) is 8.26. The van der Waals surface area contributed by atoms with E-state index in [1.807, 2.05) is 35.2 Å². The summed E-state index contributed by atoms with van der Waals surface area (Å²) in [5, 5.41) is 9.74. The van der Waals surface area contributed by atoms with E-state index in [1.54, 1.807) is 0 Å². The fraction of sp³-hybridized carbons (Fsp3) is 0.556. The molecule has 3 rings (SSSR count). The van der Waals surface area contributed by atoms with E-state index < -0.39 is 0 Å². The molecule has 2 fully saturated rings. The zero-order valence-corrected chi connectivity index (χ0v) is 13.0. The summed E-state index contributed by atoms with van der Waals surface area (Å²) in [6.45, 7) is 3.41. The molecule has 0 aliphatic carbocycles. The van der Waals surface area contributed by atoms with E-state index in [-0.39, 0.29) is 11.4 Å². The molecule has 2 aliphatic heterocycles. The summed E-state index contributed by atoms with van der Waals surface area (Å²) >= 11 is 0. The van der Waals surface area contributed by atoms with Gasteiger partial charge in [0, 0.05) is 18.7 Å². The van der Waals surface area contributed by atoms with Crippen LogP contribution in [-0.2, 0) is 0 Å². The van der Waals surface area contributed by atoms with Crippen LogP contribution in [0.4, 0.5) is 0 Å². The molecule has 0 radical (unpaired) electrons. The molecule has 2 saturated heterocycles. The van der Waals surface area contributed by atoms with Gasteiger partial charge < -0.3 is 4.90 Å². The third kappa shape index (κ3) is 2.86. The summed E-state index contributed by atoms with van der Waals surface area (Å²) in [6, 6.07) is 12.0. The molecule has 0 aromatic heterocycles. The number of likely N-dealkylation sites (tertiary alicyclic amines) is 2. The molecule has 0 N–H and O–H groups in total. The smallest absolute Gasteiger partial charge is 0.253 e. The molecular weight excluding hydrogens is 274 g/mol. The number of hydrogen-bond donors (Lipinski definition) is 0. The first-order valence-corrected chi connectivity index (χ1v) is 8.26. The zero-order valence-electron chi connectivity index (χ0n) is 13.0. The van der Waals surface area contributed by atoms with Crippen molar-refractivity contribution >= 4 is 5.91 Å². The number of carbonyl (C=O) groups is 1. The Balaban J connectivity index is 1.66. The van der Waals surface area contributed by atoms with E-state index in [2.05, 4.69) is 11.0 Å². The fourth-order valence-electron chi connectivity index (χ4n) is 3.66. The summed E-state index contributed by atoms with van der Waals surface area (Å²) in [4.78, 5) is 16.8. The van der Waals surface area contributed by atoms with Crippen LogP contribution in [0.15, 0.2) is 30.3 Å². The third-order valence-electron chi connectivity index (χ3n) is 5.07. The summed E-state index contributed by atoms with van der Waals surface area (Å²) in [7, 11) is 0. The van der Waals surface area contributed by atoms with Crippen molar-refractivity contribution in [1.82, 2.24) is 9.80 Å². The standard InChI is InChI=1S/C18H23N3O/c19-15-18(21-11-5-2-6-12-21)9-13-20(14-10-18)17(22)16-7-3-1-4-8-16/h1,3-4,7-8H,2,5-6,9-14H2. The summed E-state index contributed by atoms with van der Waals surface area (Å²) < 4.78 is 0. The van der Waals surface area contributed by atoms with E-state index in [4.69, 9.17) is 0 Å². The van der Waals surface area contributed by atoms with Gasteiger partial charge in [-0.3, -0.25) is 9.69 Å². The largest absolute Gasteiger partial charge is 0.338 e. The van der Waals surface area contributed by atoms with Crippen LogP contribution >= 0.6 is 0 Å². The lowest BCUT2D eigenvalue weighted by molar-refractivity contribution is 0.0385. The molecule has 116 valence electrons. The van der Waals surface area contributed by atoms with Gasteiger partial charge in [0.15, 0.2) is 0 Å². The van der Waals surface area contributed by atoms with E-state index in [0.29, 0.717) is 13.1 Å². The van der Waals surface area contributed by atoms with Crippen molar-refractivity contribution in [2.45, 2.75) is 37.6 Å². The van der Waals surface area contributed by atoms with Crippen molar-refractivity contribution in [3.8, 4) is 6.07 Å². The van der Waals surface area contributed by atoms with E-state index >= 15 is 0 Å². The number of nitriles is 1. The minimum Gasteiger partial charge on any atom is -0.338 e. The van der Waals surface area contributed by atoms with Gasteiger partial charge in [-0.1, -0.05) is 24.6 Å². The van der Waals surface area contributed by atoms with Gasteiger partial charge in [-0.05, 0) is 50.9 Å². The van der Waals surface area contributed by atoms with Crippen molar-refractivity contribution in [2.75, 3.05) is 26.2 Å². The minimum absolute atomic E-state index is 0.0887. The second-order valence-corrected chi connectivity index (χ2v) is 6.35. The Morgan fingerprint density at radius 2 is 1.64 bits per heavy atom. The number of rotatable bonds is 2. The maximum atomic E-state index is 12.5. The van der Waals surface area contributed by atoms with E-state index in [1.165, 1.54) is 19.3 Å². The maximum Gasteiger partial charge on any atom is 0.253 e. The quantitative estimate of drug-likeness (QED) is 0.843. The molecule has 2 heterocycles. The molecule has 22 heavy (non-hydrogen) atoms. The molecule has 0 atom stereocenters. The fourth-order valence-corrected chi connectivity index (χ4v) is 3.66. The molecule has 0 spiro atoms. The van der Waals surface area contributed by atoms with Crippen molar-refractivity contribution in [3.05, 3.63) is 35.9 Å². The summed E-state index contributed by atoms with van der Waals surface area (Å²) in [5.74, 6) is 0.0887. The Morgan fingerprint density at radius 1 is 1.00 bits per heavy atom. The molecule has 4 heteroatoms. The number of carbonyl (C=O) groups excluding carboxylic acids is 1. The number of hydrogen-bond acceptors (Lipinski definition) is 3. The highest BCUT2D eigenvalue weighted by Gasteiger charge is 2.41. The van der Waals surface area contributed by atoms with Crippen molar-refractivity contribution in [1.29, 1.82) is 5.26 Å². The first-order chi connectivity index (χ1) is 10.7.